The van der Waals surface area contributed by atoms with Gasteiger partial charge in [0.25, 0.3) is 0 Å². The number of nitrogens with zero attached hydrogens (tertiary/aromatic N) is 2. The summed E-state index contributed by atoms with van der Waals surface area (Å²) in [5.41, 5.74) is 0. The van der Waals surface area contributed by atoms with Crippen molar-refractivity contribution in [2.45, 2.75) is 0 Å². The largest absolute Gasteiger partial charge is 0.265 e. The van der Waals surface area contributed by atoms with Crippen LogP contribution in [-0.2, 0) is 10.8 Å². The first-order valence-electron chi connectivity index (χ1n) is 3.94. The number of pyridine rings is 2. The molecule has 0 unspecified atom stereocenters. The van der Waals surface area contributed by atoms with Crippen LogP contribution in [0.5, 0.6) is 0 Å². The minimum absolute atomic E-state index is 0.890. The summed E-state index contributed by atoms with van der Waals surface area (Å²) in [6.45, 7) is 0. The molecule has 0 aliphatic heterocycles. The zero-order chi connectivity index (χ0) is 11.2. The number of hydrogen-bond acceptors (Lipinski definition) is 2. The molecule has 0 aliphatic carbocycles. The van der Waals surface area contributed by atoms with E-state index in [1.165, 1.54) is 0 Å². The summed E-state index contributed by atoms with van der Waals surface area (Å²) in [6.07, 6.45) is 7.00. The van der Waals surface area contributed by atoms with Crippen molar-refractivity contribution < 1.29 is 10.8 Å². The van der Waals surface area contributed by atoms with Gasteiger partial charge >= 0.3 is 49.8 Å². The van der Waals surface area contributed by atoms with Crippen molar-refractivity contribution in [3.05, 3.63) is 61.2 Å². The monoisotopic (exact) mass is 518 g/mol. The Morgan fingerprint density at radius 3 is 0.933 bits per heavy atom. The molecule has 0 radical (unpaired) electrons. The second-order valence-corrected chi connectivity index (χ2v) is 14.1. The molecule has 0 spiro atoms. The third kappa shape index (κ3) is 14.4. The second-order valence-electron chi connectivity index (χ2n) is 2.09. The van der Waals surface area contributed by atoms with Crippen LogP contribution in [0.4, 0.5) is 0 Å². The van der Waals surface area contributed by atoms with Crippen LogP contribution in [0.3, 0.4) is 0 Å². The molecule has 0 atom stereocenters. The van der Waals surface area contributed by atoms with Crippen molar-refractivity contribution in [2.24, 2.45) is 0 Å². The van der Waals surface area contributed by atoms with E-state index in [4.69, 9.17) is 0 Å². The van der Waals surface area contributed by atoms with Gasteiger partial charge in [-0.3, -0.25) is 9.97 Å². The van der Waals surface area contributed by atoms with Gasteiger partial charge in [0.1, 0.15) is 0 Å². The fourth-order valence-corrected chi connectivity index (χ4v) is 0.625. The molecular formula is C10H10I2N2Pd. The molecule has 0 saturated heterocycles. The maximum absolute atomic E-state index is 3.78. The minimum Gasteiger partial charge on any atom is -0.265 e. The molecule has 0 amide bonds. The van der Waals surface area contributed by atoms with Gasteiger partial charge in [-0.25, -0.2) is 0 Å². The van der Waals surface area contributed by atoms with Crippen LogP contribution in [0.2, 0.25) is 0 Å². The molecule has 0 fully saturated rings. The van der Waals surface area contributed by atoms with Crippen LogP contribution in [0.25, 0.3) is 0 Å². The second kappa shape index (κ2) is 14.4. The van der Waals surface area contributed by atoms with Gasteiger partial charge in [-0.05, 0) is 24.3 Å². The molecule has 0 aliphatic rings. The van der Waals surface area contributed by atoms with Crippen molar-refractivity contribution in [3.8, 4) is 0 Å². The fraction of sp³-hybridized carbons (Fsp3) is 0. The van der Waals surface area contributed by atoms with Crippen LogP contribution in [0, 0.1) is 0 Å². The Labute approximate surface area is 119 Å². The molecule has 2 aromatic heterocycles. The molecule has 0 bridgehead atoms. The van der Waals surface area contributed by atoms with Gasteiger partial charge in [0.2, 0.25) is 0 Å². The van der Waals surface area contributed by atoms with Gasteiger partial charge in [-0.1, -0.05) is 12.1 Å². The van der Waals surface area contributed by atoms with Crippen LogP contribution in [-0.4, -0.2) is 9.97 Å². The molecule has 2 nitrogen and oxygen atoms in total. The third-order valence-corrected chi connectivity index (χ3v) is 1.13. The molecule has 0 N–H and O–H groups in total. The molecule has 2 heterocycles. The molecule has 2 rings (SSSR count). The maximum atomic E-state index is 3.78. The summed E-state index contributed by atoms with van der Waals surface area (Å²) in [7, 11) is 0.890. The predicted molar refractivity (Wildman–Crippen MR) is 76.5 cm³/mol. The van der Waals surface area contributed by atoms with E-state index in [1.807, 2.05) is 36.4 Å². The first kappa shape index (κ1) is 15.4. The molecular weight excluding hydrogens is 508 g/mol. The molecule has 0 saturated carbocycles. The summed E-state index contributed by atoms with van der Waals surface area (Å²) in [5, 5.41) is 0. The van der Waals surface area contributed by atoms with E-state index in [0.29, 0.717) is 0 Å². The van der Waals surface area contributed by atoms with E-state index in [0.717, 1.165) is 10.8 Å². The van der Waals surface area contributed by atoms with Crippen LogP contribution in [0.1, 0.15) is 0 Å². The third-order valence-electron chi connectivity index (χ3n) is 1.13. The summed E-state index contributed by atoms with van der Waals surface area (Å²) < 4.78 is 0. The van der Waals surface area contributed by atoms with Crippen molar-refractivity contribution in [1.29, 1.82) is 0 Å². The smallest absolute Gasteiger partial charge is 0.0267 e. The van der Waals surface area contributed by atoms with Crippen molar-refractivity contribution in [1.82, 2.24) is 9.97 Å². The Bertz CT molecular complexity index is 210. The molecule has 84 valence electrons. The van der Waals surface area contributed by atoms with Crippen LogP contribution in [0.15, 0.2) is 61.2 Å². The quantitative estimate of drug-likeness (QED) is 0.390. The van der Waals surface area contributed by atoms with Gasteiger partial charge in [0.15, 0.2) is 0 Å². The van der Waals surface area contributed by atoms with Gasteiger partial charge in [-0.2, -0.15) is 0 Å². The molecule has 0 aromatic carbocycles. The standard InChI is InChI=1S/2C5H5N.2HI.Pd/c2*1-2-4-6-5-3-1;;;/h2*1-5H;2*1H;/q;;;;+2/p-2. The Morgan fingerprint density at radius 1 is 0.600 bits per heavy atom. The zero-order valence-corrected chi connectivity index (χ0v) is 13.6. The summed E-state index contributed by atoms with van der Waals surface area (Å²) in [5.74, 6) is 0. The van der Waals surface area contributed by atoms with E-state index in [1.54, 1.807) is 24.8 Å². The predicted octanol–water partition coefficient (Wildman–Crippen LogP) is 3.93. The number of halogens is 2. The average molecular weight is 518 g/mol. The van der Waals surface area contributed by atoms with Gasteiger partial charge in [-0.15, -0.1) is 0 Å². The summed E-state index contributed by atoms with van der Waals surface area (Å²) >= 11 is 4.65. The Kier molecular flexibility index (Phi) is 14.8. The summed E-state index contributed by atoms with van der Waals surface area (Å²) in [6, 6.07) is 11.4. The van der Waals surface area contributed by atoms with E-state index in [2.05, 4.69) is 49.0 Å². The maximum Gasteiger partial charge on any atom is 0.0267 e. The van der Waals surface area contributed by atoms with E-state index in [-0.39, 0.29) is 0 Å². The SMILES string of the molecule is [I][Pd][I].c1ccncc1.c1ccncc1. The minimum atomic E-state index is 0.890. The van der Waals surface area contributed by atoms with Crippen LogP contribution >= 0.6 is 39.0 Å². The number of rotatable bonds is 0. The zero-order valence-electron chi connectivity index (χ0n) is 7.74. The Hall–Kier alpha value is 0.422. The topological polar surface area (TPSA) is 25.8 Å². The van der Waals surface area contributed by atoms with Gasteiger partial charge < -0.3 is 0 Å². The molecule has 15 heavy (non-hydrogen) atoms. The summed E-state index contributed by atoms with van der Waals surface area (Å²) in [4.78, 5) is 7.57. The number of aromatic nitrogens is 2. The van der Waals surface area contributed by atoms with Gasteiger partial charge in [0.05, 0.1) is 0 Å². The fourth-order valence-electron chi connectivity index (χ4n) is 0.625. The van der Waals surface area contributed by atoms with Crippen molar-refractivity contribution in [3.63, 3.8) is 0 Å². The Balaban J connectivity index is 0.000000210. The number of hydrogen-bond donors (Lipinski definition) is 0. The first-order valence-corrected chi connectivity index (χ1v) is 13.2. The Morgan fingerprint density at radius 2 is 0.867 bits per heavy atom. The van der Waals surface area contributed by atoms with E-state index >= 15 is 0 Å². The molecule has 2 aromatic rings. The van der Waals surface area contributed by atoms with Crippen molar-refractivity contribution >= 4 is 39.0 Å². The van der Waals surface area contributed by atoms with Gasteiger partial charge in [0, 0.05) is 24.8 Å². The normalized spacial score (nSPS) is 7.87. The van der Waals surface area contributed by atoms with E-state index in [9.17, 15) is 0 Å². The van der Waals surface area contributed by atoms with Crippen LogP contribution < -0.4 is 0 Å². The first-order chi connectivity index (χ1) is 7.41. The molecule has 5 heteroatoms. The van der Waals surface area contributed by atoms with Crippen molar-refractivity contribution in [2.75, 3.05) is 0 Å². The average Bonchev–Trinajstić information content (AvgIpc) is 2.35. The van der Waals surface area contributed by atoms with E-state index < -0.39 is 0 Å².